The van der Waals surface area contributed by atoms with Gasteiger partial charge >= 0.3 is 0 Å². The molecule has 5 rings (SSSR count). The zero-order valence-corrected chi connectivity index (χ0v) is 22.3. The molecule has 10 heteroatoms. The Labute approximate surface area is 226 Å². The number of hydrazone groups is 1. The average molecular weight is 533 g/mol. The summed E-state index contributed by atoms with van der Waals surface area (Å²) in [5.74, 6) is -1.26. The van der Waals surface area contributed by atoms with Crippen molar-refractivity contribution in [1.29, 1.82) is 0 Å². The summed E-state index contributed by atoms with van der Waals surface area (Å²) in [4.78, 5) is 43.7. The van der Waals surface area contributed by atoms with Gasteiger partial charge in [0.15, 0.2) is 5.78 Å². The first kappa shape index (κ1) is 26.7. The second-order valence-corrected chi connectivity index (χ2v) is 11.1. The van der Waals surface area contributed by atoms with Crippen molar-refractivity contribution in [3.05, 3.63) is 71.7 Å². The molecule has 9 nitrogen and oxygen atoms in total. The van der Waals surface area contributed by atoms with Gasteiger partial charge in [-0.05, 0) is 56.0 Å². The molecular weight excluding hydrogens is 499 g/mol. The van der Waals surface area contributed by atoms with Gasteiger partial charge in [0, 0.05) is 37.1 Å². The molecule has 204 valence electrons. The molecule has 0 spiro atoms. The normalized spacial score (nSPS) is 22.0. The van der Waals surface area contributed by atoms with E-state index in [1.54, 1.807) is 33.0 Å². The molecule has 3 atom stereocenters. The lowest BCUT2D eigenvalue weighted by Gasteiger charge is -2.38. The van der Waals surface area contributed by atoms with E-state index in [4.69, 9.17) is 5.73 Å². The lowest BCUT2D eigenvalue weighted by atomic mass is 9.69. The van der Waals surface area contributed by atoms with Crippen LogP contribution in [0.1, 0.15) is 31.4 Å². The van der Waals surface area contributed by atoms with Gasteiger partial charge in [-0.15, -0.1) is 0 Å². The minimum Gasteiger partial charge on any atom is -0.361 e. The van der Waals surface area contributed by atoms with E-state index in [9.17, 15) is 18.8 Å². The Balaban J connectivity index is 1.45. The van der Waals surface area contributed by atoms with E-state index in [-0.39, 0.29) is 43.3 Å². The number of carbonyl (C=O) groups excluding carboxylic acids is 3. The van der Waals surface area contributed by atoms with E-state index in [1.807, 2.05) is 30.5 Å². The Bertz CT molecular complexity index is 1460. The van der Waals surface area contributed by atoms with Crippen LogP contribution in [0.25, 0.3) is 10.9 Å². The molecule has 3 heterocycles. The van der Waals surface area contributed by atoms with Crippen molar-refractivity contribution in [2.24, 2.45) is 16.3 Å². The molecule has 0 aliphatic carbocycles. The number of rotatable bonds is 8. The number of benzene rings is 2. The largest absolute Gasteiger partial charge is 0.361 e. The van der Waals surface area contributed by atoms with Gasteiger partial charge in [-0.2, -0.15) is 5.10 Å². The molecule has 2 amide bonds. The zero-order valence-electron chi connectivity index (χ0n) is 22.3. The van der Waals surface area contributed by atoms with Crippen LogP contribution in [-0.4, -0.2) is 64.5 Å². The molecule has 1 aromatic heterocycles. The van der Waals surface area contributed by atoms with E-state index in [0.717, 1.165) is 22.0 Å². The van der Waals surface area contributed by atoms with E-state index in [0.29, 0.717) is 5.71 Å². The maximum absolute atomic E-state index is 14.1. The standard InChI is InChI=1S/C29H33FN6O3/c1-28(2,31)26(38)34-22(12-18-15-32-21-7-5-4-6-20(18)21)25(37)23-14-29(13-17-8-10-19(30)11-9-17)24(16-33-23)35-36(3)27(29)39/h4-11,15,22-23,32-33H,12-14,16,31H2,1-3H3,(H,34,38). The fourth-order valence-corrected chi connectivity index (χ4v) is 5.54. The monoisotopic (exact) mass is 532 g/mol. The number of nitrogens with two attached hydrogens (primary N) is 1. The van der Waals surface area contributed by atoms with Crippen molar-refractivity contribution in [3.63, 3.8) is 0 Å². The Morgan fingerprint density at radius 2 is 1.95 bits per heavy atom. The summed E-state index contributed by atoms with van der Waals surface area (Å²) >= 11 is 0. The summed E-state index contributed by atoms with van der Waals surface area (Å²) in [6, 6.07) is 12.2. The van der Waals surface area contributed by atoms with Gasteiger partial charge in [0.25, 0.3) is 5.91 Å². The highest BCUT2D eigenvalue weighted by Crippen LogP contribution is 2.40. The third-order valence-electron chi connectivity index (χ3n) is 7.69. The van der Waals surface area contributed by atoms with Gasteiger partial charge in [0.05, 0.1) is 28.7 Å². The van der Waals surface area contributed by atoms with Gasteiger partial charge in [0.1, 0.15) is 5.82 Å². The minimum absolute atomic E-state index is 0.164. The Morgan fingerprint density at radius 1 is 1.23 bits per heavy atom. The molecule has 3 aromatic rings. The van der Waals surface area contributed by atoms with Crippen LogP contribution in [-0.2, 0) is 27.2 Å². The van der Waals surface area contributed by atoms with E-state index < -0.39 is 28.9 Å². The molecule has 2 aliphatic heterocycles. The van der Waals surface area contributed by atoms with Crippen molar-refractivity contribution >= 4 is 34.2 Å². The number of aromatic nitrogens is 1. The summed E-state index contributed by atoms with van der Waals surface area (Å²) in [7, 11) is 1.60. The Morgan fingerprint density at radius 3 is 2.67 bits per heavy atom. The molecule has 0 saturated carbocycles. The van der Waals surface area contributed by atoms with Crippen molar-refractivity contribution in [2.75, 3.05) is 13.6 Å². The number of aromatic amines is 1. The van der Waals surface area contributed by atoms with Crippen LogP contribution in [0, 0.1) is 11.2 Å². The van der Waals surface area contributed by atoms with Crippen molar-refractivity contribution in [2.45, 2.75) is 50.7 Å². The maximum Gasteiger partial charge on any atom is 0.254 e. The molecular formula is C29H33FN6O3. The number of nitrogens with one attached hydrogen (secondary N) is 3. The number of piperidine rings is 1. The highest BCUT2D eigenvalue weighted by Gasteiger charge is 2.54. The number of carbonyl (C=O) groups is 3. The second kappa shape index (κ2) is 10.0. The number of H-pyrrole nitrogens is 1. The summed E-state index contributed by atoms with van der Waals surface area (Å²) in [5, 5.41) is 12.9. The maximum atomic E-state index is 14.1. The fourth-order valence-electron chi connectivity index (χ4n) is 5.54. The number of nitrogens with zero attached hydrogens (tertiary/aromatic N) is 2. The van der Waals surface area contributed by atoms with Crippen molar-refractivity contribution in [1.82, 2.24) is 20.6 Å². The van der Waals surface area contributed by atoms with Gasteiger partial charge < -0.3 is 21.4 Å². The Hall–Kier alpha value is -3.89. The molecule has 1 saturated heterocycles. The second-order valence-electron chi connectivity index (χ2n) is 11.1. The number of hydrogen-bond donors (Lipinski definition) is 4. The van der Waals surface area contributed by atoms with E-state index >= 15 is 0 Å². The zero-order chi connectivity index (χ0) is 27.9. The summed E-state index contributed by atoms with van der Waals surface area (Å²) in [6.45, 7) is 3.41. The summed E-state index contributed by atoms with van der Waals surface area (Å²) in [6.07, 6.45) is 2.55. The molecule has 5 N–H and O–H groups in total. The predicted octanol–water partition coefficient (Wildman–Crippen LogP) is 2.06. The van der Waals surface area contributed by atoms with Crippen LogP contribution in [0.4, 0.5) is 4.39 Å². The highest BCUT2D eigenvalue weighted by molar-refractivity contribution is 6.14. The summed E-state index contributed by atoms with van der Waals surface area (Å²) < 4.78 is 13.6. The molecule has 3 unspecified atom stereocenters. The van der Waals surface area contributed by atoms with Crippen molar-refractivity contribution < 1.29 is 18.8 Å². The topological polar surface area (TPSA) is 133 Å². The first-order valence-corrected chi connectivity index (χ1v) is 13.0. The fraction of sp³-hybridized carbons (Fsp3) is 0.379. The van der Waals surface area contributed by atoms with Crippen LogP contribution < -0.4 is 16.4 Å². The third-order valence-corrected chi connectivity index (χ3v) is 7.69. The number of halogens is 1. The molecule has 1 fully saturated rings. The van der Waals surface area contributed by atoms with Crippen LogP contribution >= 0.6 is 0 Å². The van der Waals surface area contributed by atoms with Crippen molar-refractivity contribution in [3.8, 4) is 0 Å². The summed E-state index contributed by atoms with van der Waals surface area (Å²) in [5.41, 5.74) is 7.05. The molecule has 39 heavy (non-hydrogen) atoms. The SMILES string of the molecule is CN1N=C2CNC(C(=O)C(Cc3c[nH]c4ccccc34)NC(=O)C(C)(C)N)CC2(Cc2ccc(F)cc2)C1=O. The van der Waals surface area contributed by atoms with Gasteiger partial charge in [0.2, 0.25) is 5.91 Å². The lowest BCUT2D eigenvalue weighted by molar-refractivity contribution is -0.137. The van der Waals surface area contributed by atoms with Gasteiger partial charge in [-0.25, -0.2) is 9.40 Å². The average Bonchev–Trinajstić information content (AvgIpc) is 3.42. The number of fused-ring (bicyclic) bond motifs is 2. The quantitative estimate of drug-likeness (QED) is 0.353. The van der Waals surface area contributed by atoms with E-state index in [1.165, 1.54) is 17.1 Å². The van der Waals surface area contributed by atoms with Gasteiger partial charge in [-0.3, -0.25) is 14.4 Å². The van der Waals surface area contributed by atoms with Crippen LogP contribution in [0.3, 0.4) is 0 Å². The van der Waals surface area contributed by atoms with E-state index in [2.05, 4.69) is 20.7 Å². The lowest BCUT2D eigenvalue weighted by Crippen LogP contribution is -2.61. The molecule has 0 bridgehead atoms. The molecule has 2 aromatic carbocycles. The molecule has 0 radical (unpaired) electrons. The first-order chi connectivity index (χ1) is 18.5. The smallest absolute Gasteiger partial charge is 0.254 e. The number of amides is 2. The predicted molar refractivity (Wildman–Crippen MR) is 146 cm³/mol. The van der Waals surface area contributed by atoms with Crippen LogP contribution in [0.5, 0.6) is 0 Å². The number of Topliss-reactive ketones (excluding diaryl/α,β-unsaturated/α-hetero) is 1. The Kier molecular flexibility index (Phi) is 6.86. The number of hydrogen-bond acceptors (Lipinski definition) is 6. The highest BCUT2D eigenvalue weighted by atomic mass is 19.1. The van der Waals surface area contributed by atoms with Crippen LogP contribution in [0.2, 0.25) is 0 Å². The number of para-hydroxylation sites is 1. The van der Waals surface area contributed by atoms with Gasteiger partial charge in [-0.1, -0.05) is 30.3 Å². The van der Waals surface area contributed by atoms with Crippen LogP contribution in [0.15, 0.2) is 59.8 Å². The number of ketones is 1. The first-order valence-electron chi connectivity index (χ1n) is 13.0. The third kappa shape index (κ3) is 5.09. The minimum atomic E-state index is -1.19. The molecule has 2 aliphatic rings.